The van der Waals surface area contributed by atoms with Gasteiger partial charge in [0.05, 0.1) is 0 Å². The Labute approximate surface area is 373 Å². The number of hydrogen-bond donors (Lipinski definition) is 0. The van der Waals surface area contributed by atoms with E-state index in [-0.39, 0.29) is 31.1 Å². The zero-order valence-electron chi connectivity index (χ0n) is 38.9. The lowest BCUT2D eigenvalue weighted by Crippen LogP contribution is -2.30. The fourth-order valence-electron chi connectivity index (χ4n) is 6.04. The van der Waals surface area contributed by atoms with E-state index in [0.29, 0.717) is 19.3 Å². The highest BCUT2D eigenvalue weighted by Crippen LogP contribution is 2.13. The SMILES string of the molecule is CC/C=C/C=C/C=C/C=C/C=C/CCCCCC(=O)OCC(COC(=O)CCCCCCC/C=C/C=C/C=C/CC)OC(=O)CCCCCCCC/C=C/C=C/CCCCC. The fraction of sp³-hybridized carbons (Fsp3) is 0.582. The second-order valence-corrected chi connectivity index (χ2v) is 15.5. The molecular formula is C55H86O6. The van der Waals surface area contributed by atoms with Gasteiger partial charge in [-0.15, -0.1) is 0 Å². The highest BCUT2D eigenvalue weighted by molar-refractivity contribution is 5.71. The summed E-state index contributed by atoms with van der Waals surface area (Å²) < 4.78 is 16.7. The van der Waals surface area contributed by atoms with Crippen molar-refractivity contribution in [3.05, 3.63) is 122 Å². The molecule has 0 heterocycles. The van der Waals surface area contributed by atoms with Crippen LogP contribution in [-0.4, -0.2) is 37.2 Å². The summed E-state index contributed by atoms with van der Waals surface area (Å²) in [4.78, 5) is 37.9. The molecule has 0 amide bonds. The van der Waals surface area contributed by atoms with Gasteiger partial charge in [0.1, 0.15) is 13.2 Å². The summed E-state index contributed by atoms with van der Waals surface area (Å²) in [5.41, 5.74) is 0. The second kappa shape index (κ2) is 48.5. The molecule has 0 saturated carbocycles. The molecule has 0 radical (unpaired) electrons. The number of carbonyl (C=O) groups excluding carboxylic acids is 3. The van der Waals surface area contributed by atoms with Gasteiger partial charge in [-0.1, -0.05) is 206 Å². The smallest absolute Gasteiger partial charge is 0.306 e. The van der Waals surface area contributed by atoms with Crippen LogP contribution in [0.2, 0.25) is 0 Å². The van der Waals surface area contributed by atoms with Gasteiger partial charge in [0.2, 0.25) is 0 Å². The lowest BCUT2D eigenvalue weighted by molar-refractivity contribution is -0.167. The molecule has 6 nitrogen and oxygen atoms in total. The summed E-state index contributed by atoms with van der Waals surface area (Å²) in [5.74, 6) is -0.996. The van der Waals surface area contributed by atoms with Crippen LogP contribution in [0.5, 0.6) is 0 Å². The topological polar surface area (TPSA) is 78.9 Å². The largest absolute Gasteiger partial charge is 0.462 e. The zero-order valence-corrected chi connectivity index (χ0v) is 38.9. The van der Waals surface area contributed by atoms with Gasteiger partial charge in [0.15, 0.2) is 6.10 Å². The van der Waals surface area contributed by atoms with Crippen molar-refractivity contribution in [2.75, 3.05) is 13.2 Å². The van der Waals surface area contributed by atoms with E-state index in [1.165, 1.54) is 32.1 Å². The number of allylic oxidation sites excluding steroid dienone is 20. The maximum atomic E-state index is 12.8. The van der Waals surface area contributed by atoms with Crippen LogP contribution in [0.1, 0.15) is 188 Å². The summed E-state index contributed by atoms with van der Waals surface area (Å²) in [7, 11) is 0. The monoisotopic (exact) mass is 843 g/mol. The molecule has 0 fully saturated rings. The molecule has 0 spiro atoms. The van der Waals surface area contributed by atoms with E-state index in [1.807, 2.05) is 54.7 Å². The Kier molecular flexibility index (Phi) is 45.1. The molecule has 1 unspecified atom stereocenters. The molecule has 0 aromatic heterocycles. The van der Waals surface area contributed by atoms with Gasteiger partial charge in [-0.3, -0.25) is 14.4 Å². The molecule has 0 aliphatic heterocycles. The molecular weight excluding hydrogens is 757 g/mol. The molecule has 0 bridgehead atoms. The summed E-state index contributed by atoms with van der Waals surface area (Å²) >= 11 is 0. The average Bonchev–Trinajstić information content (AvgIpc) is 3.26. The van der Waals surface area contributed by atoms with Crippen molar-refractivity contribution in [1.82, 2.24) is 0 Å². The van der Waals surface area contributed by atoms with Gasteiger partial charge in [-0.05, 0) is 83.5 Å². The normalized spacial score (nSPS) is 13.2. The van der Waals surface area contributed by atoms with Crippen molar-refractivity contribution in [1.29, 1.82) is 0 Å². The molecule has 0 aliphatic carbocycles. The Balaban J connectivity index is 4.55. The highest BCUT2D eigenvalue weighted by Gasteiger charge is 2.19. The minimum atomic E-state index is -0.813. The first-order valence-electron chi connectivity index (χ1n) is 24.2. The summed E-state index contributed by atoms with van der Waals surface area (Å²) in [6, 6.07) is 0. The summed E-state index contributed by atoms with van der Waals surface area (Å²) in [5, 5.41) is 0. The predicted octanol–water partition coefficient (Wildman–Crippen LogP) is 15.7. The molecule has 1 atom stereocenters. The van der Waals surface area contributed by atoms with Crippen molar-refractivity contribution >= 4 is 17.9 Å². The molecule has 0 aromatic rings. The Morgan fingerprint density at radius 2 is 0.639 bits per heavy atom. The van der Waals surface area contributed by atoms with Gasteiger partial charge < -0.3 is 14.2 Å². The van der Waals surface area contributed by atoms with Crippen LogP contribution in [0.25, 0.3) is 0 Å². The number of unbranched alkanes of at least 4 members (excludes halogenated alkanes) is 17. The van der Waals surface area contributed by atoms with Gasteiger partial charge in [-0.2, -0.15) is 0 Å². The van der Waals surface area contributed by atoms with E-state index in [9.17, 15) is 14.4 Å². The van der Waals surface area contributed by atoms with Crippen molar-refractivity contribution in [2.24, 2.45) is 0 Å². The Bertz CT molecular complexity index is 1340. The van der Waals surface area contributed by atoms with E-state index >= 15 is 0 Å². The Morgan fingerprint density at radius 1 is 0.344 bits per heavy atom. The van der Waals surface area contributed by atoms with E-state index in [2.05, 4.69) is 87.6 Å². The number of rotatable bonds is 41. The first kappa shape index (κ1) is 56.8. The number of hydrogen-bond acceptors (Lipinski definition) is 6. The third kappa shape index (κ3) is 46.7. The van der Waals surface area contributed by atoms with E-state index in [0.717, 1.165) is 116 Å². The standard InChI is InChI=1S/C55H86O6/c1-4-7-10-13-16-19-22-25-27-30-33-36-39-42-45-48-54(57)60-51-52(50-59-53(56)47-44-41-38-35-32-29-24-21-18-15-12-9-6-3)61-55(58)49-46-43-40-37-34-31-28-26-23-20-17-14-11-8-5-2/h7,9-10,12-13,15-27,30,33,52H,4-6,8,11,14,28-29,31-32,34-51H2,1-3H3/b10-7+,12-9+,16-13+,18-15+,20-17+,22-19+,24-21+,26-23+,27-25+,33-30+. The van der Waals surface area contributed by atoms with Crippen LogP contribution < -0.4 is 0 Å². The average molecular weight is 843 g/mol. The number of esters is 3. The van der Waals surface area contributed by atoms with E-state index < -0.39 is 6.10 Å². The van der Waals surface area contributed by atoms with Crippen molar-refractivity contribution < 1.29 is 28.6 Å². The lowest BCUT2D eigenvalue weighted by Gasteiger charge is -2.18. The number of carbonyl (C=O) groups is 3. The molecule has 0 aromatic carbocycles. The molecule has 6 heteroatoms. The summed E-state index contributed by atoms with van der Waals surface area (Å²) in [6.07, 6.45) is 66.0. The van der Waals surface area contributed by atoms with Gasteiger partial charge in [-0.25, -0.2) is 0 Å². The van der Waals surface area contributed by atoms with Crippen LogP contribution in [0, 0.1) is 0 Å². The first-order valence-corrected chi connectivity index (χ1v) is 24.2. The third-order valence-corrected chi connectivity index (χ3v) is 9.65. The van der Waals surface area contributed by atoms with Crippen LogP contribution >= 0.6 is 0 Å². The molecule has 61 heavy (non-hydrogen) atoms. The maximum absolute atomic E-state index is 12.8. The van der Waals surface area contributed by atoms with Gasteiger partial charge >= 0.3 is 17.9 Å². The van der Waals surface area contributed by atoms with Crippen molar-refractivity contribution in [2.45, 2.75) is 194 Å². The fourth-order valence-corrected chi connectivity index (χ4v) is 6.04. The predicted molar refractivity (Wildman–Crippen MR) is 260 cm³/mol. The molecule has 342 valence electrons. The third-order valence-electron chi connectivity index (χ3n) is 9.65. The minimum Gasteiger partial charge on any atom is -0.462 e. The Morgan fingerprint density at radius 3 is 1.03 bits per heavy atom. The first-order chi connectivity index (χ1) is 30.0. The Hall–Kier alpha value is -4.19. The van der Waals surface area contributed by atoms with Crippen LogP contribution in [0.4, 0.5) is 0 Å². The maximum Gasteiger partial charge on any atom is 0.306 e. The van der Waals surface area contributed by atoms with Crippen molar-refractivity contribution in [3.8, 4) is 0 Å². The second-order valence-electron chi connectivity index (χ2n) is 15.5. The molecule has 0 aliphatic rings. The van der Waals surface area contributed by atoms with Gasteiger partial charge in [0.25, 0.3) is 0 Å². The van der Waals surface area contributed by atoms with E-state index in [1.54, 1.807) is 0 Å². The van der Waals surface area contributed by atoms with Crippen molar-refractivity contribution in [3.63, 3.8) is 0 Å². The molecule has 0 rings (SSSR count). The van der Waals surface area contributed by atoms with Crippen LogP contribution in [0.15, 0.2) is 122 Å². The van der Waals surface area contributed by atoms with Crippen LogP contribution in [-0.2, 0) is 28.6 Å². The zero-order chi connectivity index (χ0) is 44.4. The highest BCUT2D eigenvalue weighted by atomic mass is 16.6. The molecule has 0 N–H and O–H groups in total. The molecule has 0 saturated heterocycles. The quantitative estimate of drug-likeness (QED) is 0.0264. The summed E-state index contributed by atoms with van der Waals surface area (Å²) in [6.45, 7) is 6.24. The van der Waals surface area contributed by atoms with Gasteiger partial charge in [0, 0.05) is 19.3 Å². The minimum absolute atomic E-state index is 0.112. The van der Waals surface area contributed by atoms with Crippen LogP contribution in [0.3, 0.4) is 0 Å². The lowest BCUT2D eigenvalue weighted by atomic mass is 10.1. The number of ether oxygens (including phenoxy) is 3. The van der Waals surface area contributed by atoms with E-state index in [4.69, 9.17) is 14.2 Å².